The summed E-state index contributed by atoms with van der Waals surface area (Å²) in [5, 5.41) is 5.81. The molecule has 4 heteroatoms. The van der Waals surface area contributed by atoms with Crippen molar-refractivity contribution in [2.45, 2.75) is 19.3 Å². The summed E-state index contributed by atoms with van der Waals surface area (Å²) in [6.07, 6.45) is 0. The fourth-order valence-electron chi connectivity index (χ4n) is 9.67. The number of benzene rings is 8. The first-order chi connectivity index (χ1) is 28.0. The lowest BCUT2D eigenvalue weighted by atomic mass is 9.82. The fraction of sp³-hybridized carbons (Fsp3) is 0.0566. The van der Waals surface area contributed by atoms with Crippen LogP contribution in [0.5, 0.6) is 0 Å². The SMILES string of the molecule is CC1(C)c2ccccc2-c2c1ccc1c3cc(-c4ccccc4)ccc3n(-c3nc(-c4ccc5c(c4)c4ccccc4n5-c4ccccc4)c4ccccc4n3)c21. The van der Waals surface area contributed by atoms with Crippen LogP contribution in [-0.4, -0.2) is 19.1 Å². The van der Waals surface area contributed by atoms with E-state index in [1.54, 1.807) is 0 Å². The summed E-state index contributed by atoms with van der Waals surface area (Å²) in [7, 11) is 0. The molecule has 1 aliphatic rings. The van der Waals surface area contributed by atoms with E-state index in [9.17, 15) is 0 Å². The van der Waals surface area contributed by atoms with E-state index in [0.717, 1.165) is 44.4 Å². The molecular weight excluding hydrogens is 693 g/mol. The van der Waals surface area contributed by atoms with Crippen molar-refractivity contribution < 1.29 is 0 Å². The number of para-hydroxylation sites is 3. The zero-order valence-electron chi connectivity index (χ0n) is 31.6. The van der Waals surface area contributed by atoms with E-state index in [4.69, 9.17) is 9.97 Å². The van der Waals surface area contributed by atoms with Gasteiger partial charge in [-0.1, -0.05) is 147 Å². The quantitative estimate of drug-likeness (QED) is 0.181. The van der Waals surface area contributed by atoms with Gasteiger partial charge in [-0.25, -0.2) is 9.97 Å². The van der Waals surface area contributed by atoms with Crippen molar-refractivity contribution in [1.82, 2.24) is 19.1 Å². The molecule has 3 heterocycles. The Morgan fingerprint density at radius 1 is 0.421 bits per heavy atom. The third kappa shape index (κ3) is 4.55. The van der Waals surface area contributed by atoms with Gasteiger partial charge in [0.05, 0.1) is 33.3 Å². The number of fused-ring (bicyclic) bond motifs is 11. The van der Waals surface area contributed by atoms with Crippen molar-refractivity contribution in [3.63, 3.8) is 0 Å². The highest BCUT2D eigenvalue weighted by molar-refractivity contribution is 6.16. The highest BCUT2D eigenvalue weighted by Gasteiger charge is 2.38. The summed E-state index contributed by atoms with van der Waals surface area (Å²) >= 11 is 0. The Hall–Kier alpha value is -7.30. The van der Waals surface area contributed by atoms with Gasteiger partial charge >= 0.3 is 0 Å². The van der Waals surface area contributed by atoms with Crippen molar-refractivity contribution >= 4 is 54.5 Å². The largest absolute Gasteiger partial charge is 0.309 e. The van der Waals surface area contributed by atoms with E-state index in [1.807, 2.05) is 0 Å². The second-order valence-electron chi connectivity index (χ2n) is 15.8. The molecular formula is C53H36N4. The lowest BCUT2D eigenvalue weighted by Crippen LogP contribution is -2.14. The van der Waals surface area contributed by atoms with E-state index >= 15 is 0 Å². The van der Waals surface area contributed by atoms with Gasteiger partial charge in [0.1, 0.15) is 0 Å². The minimum absolute atomic E-state index is 0.152. The van der Waals surface area contributed by atoms with Gasteiger partial charge in [-0.3, -0.25) is 4.57 Å². The van der Waals surface area contributed by atoms with Crippen LogP contribution in [0, 0.1) is 0 Å². The number of rotatable bonds is 4. The number of hydrogen-bond donors (Lipinski definition) is 0. The summed E-state index contributed by atoms with van der Waals surface area (Å²) in [6, 6.07) is 65.7. The molecule has 0 N–H and O–H groups in total. The van der Waals surface area contributed by atoms with Gasteiger partial charge in [0.25, 0.3) is 0 Å². The van der Waals surface area contributed by atoms with Gasteiger partial charge in [0.2, 0.25) is 5.95 Å². The molecule has 0 atom stereocenters. The zero-order chi connectivity index (χ0) is 37.8. The molecule has 0 radical (unpaired) electrons. The van der Waals surface area contributed by atoms with Crippen molar-refractivity contribution in [2.24, 2.45) is 0 Å². The summed E-state index contributed by atoms with van der Waals surface area (Å²) in [4.78, 5) is 11.0. The number of nitrogens with zero attached hydrogens (tertiary/aromatic N) is 4. The van der Waals surface area contributed by atoms with Gasteiger partial charge < -0.3 is 4.57 Å². The lowest BCUT2D eigenvalue weighted by Gasteiger charge is -2.21. The molecule has 0 bridgehead atoms. The second-order valence-corrected chi connectivity index (χ2v) is 15.8. The zero-order valence-corrected chi connectivity index (χ0v) is 31.6. The van der Waals surface area contributed by atoms with Crippen molar-refractivity contribution in [2.75, 3.05) is 0 Å². The molecule has 11 aromatic rings. The average molecular weight is 729 g/mol. The van der Waals surface area contributed by atoms with Crippen LogP contribution in [0.25, 0.3) is 99.7 Å². The highest BCUT2D eigenvalue weighted by atomic mass is 15.2. The summed E-state index contributed by atoms with van der Waals surface area (Å²) in [5.41, 5.74) is 16.0. The van der Waals surface area contributed by atoms with Crippen LogP contribution >= 0.6 is 0 Å². The molecule has 8 aromatic carbocycles. The standard InChI is InChI=1S/C53H36N4/c1-53(2)43-22-12-9-20-39(43)49-44(53)28-27-38-42-31-34(33-15-5-3-6-16-33)25-29-48(42)57(51(38)49)52-54-45-23-13-10-21-40(45)50(55-52)35-26-30-47-41(32-35)37-19-11-14-24-46(37)56(47)36-17-7-4-8-18-36/h3-32H,1-2H3. The summed E-state index contributed by atoms with van der Waals surface area (Å²) in [6.45, 7) is 4.69. The molecule has 0 aliphatic heterocycles. The van der Waals surface area contributed by atoms with E-state index < -0.39 is 0 Å². The normalized spacial score (nSPS) is 13.2. The number of aromatic nitrogens is 4. The predicted molar refractivity (Wildman–Crippen MR) is 237 cm³/mol. The first-order valence-electron chi connectivity index (χ1n) is 19.7. The van der Waals surface area contributed by atoms with E-state index in [-0.39, 0.29) is 5.41 Å². The first kappa shape index (κ1) is 32.0. The van der Waals surface area contributed by atoms with Crippen LogP contribution in [0.15, 0.2) is 182 Å². The Balaban J connectivity index is 1.17. The van der Waals surface area contributed by atoms with E-state index in [2.05, 4.69) is 205 Å². The monoisotopic (exact) mass is 728 g/mol. The molecule has 1 aliphatic carbocycles. The molecule has 268 valence electrons. The molecule has 0 saturated heterocycles. The summed E-state index contributed by atoms with van der Waals surface area (Å²) in [5.74, 6) is 0.665. The Labute approximate surface area is 329 Å². The maximum Gasteiger partial charge on any atom is 0.235 e. The van der Waals surface area contributed by atoms with Crippen molar-refractivity contribution in [1.29, 1.82) is 0 Å². The Kier molecular flexibility index (Phi) is 6.65. The molecule has 0 fully saturated rings. The molecule has 3 aromatic heterocycles. The first-order valence-corrected chi connectivity index (χ1v) is 19.7. The molecule has 4 nitrogen and oxygen atoms in total. The van der Waals surface area contributed by atoms with Crippen LogP contribution in [0.1, 0.15) is 25.0 Å². The van der Waals surface area contributed by atoms with Crippen molar-refractivity contribution in [3.8, 4) is 45.1 Å². The second kappa shape index (κ2) is 11.8. The van der Waals surface area contributed by atoms with Crippen LogP contribution in [0.3, 0.4) is 0 Å². The van der Waals surface area contributed by atoms with Gasteiger partial charge in [-0.15, -0.1) is 0 Å². The average Bonchev–Trinajstić information content (AvgIpc) is 3.86. The Morgan fingerprint density at radius 3 is 1.89 bits per heavy atom. The lowest BCUT2D eigenvalue weighted by molar-refractivity contribution is 0.661. The molecule has 0 unspecified atom stereocenters. The molecule has 0 spiro atoms. The van der Waals surface area contributed by atoms with Gasteiger partial charge in [-0.05, 0) is 76.3 Å². The van der Waals surface area contributed by atoms with Crippen LogP contribution in [0.4, 0.5) is 0 Å². The minimum atomic E-state index is -0.152. The van der Waals surface area contributed by atoms with Crippen LogP contribution in [0.2, 0.25) is 0 Å². The Bertz CT molecular complexity index is 3420. The van der Waals surface area contributed by atoms with Gasteiger partial charge in [0, 0.05) is 49.2 Å². The third-order valence-corrected chi connectivity index (χ3v) is 12.3. The maximum absolute atomic E-state index is 5.61. The maximum atomic E-state index is 5.61. The topological polar surface area (TPSA) is 35.6 Å². The van der Waals surface area contributed by atoms with Crippen LogP contribution < -0.4 is 0 Å². The molecule has 57 heavy (non-hydrogen) atoms. The third-order valence-electron chi connectivity index (χ3n) is 12.3. The van der Waals surface area contributed by atoms with E-state index in [1.165, 1.54) is 60.4 Å². The smallest absolute Gasteiger partial charge is 0.235 e. The van der Waals surface area contributed by atoms with E-state index in [0.29, 0.717) is 5.95 Å². The van der Waals surface area contributed by atoms with Gasteiger partial charge in [-0.2, -0.15) is 0 Å². The molecule has 0 amide bonds. The Morgan fingerprint density at radius 2 is 1.05 bits per heavy atom. The predicted octanol–water partition coefficient (Wildman–Crippen LogP) is 13.5. The fourth-order valence-corrected chi connectivity index (χ4v) is 9.67. The summed E-state index contributed by atoms with van der Waals surface area (Å²) < 4.78 is 4.70. The number of hydrogen-bond acceptors (Lipinski definition) is 2. The molecule has 0 saturated carbocycles. The van der Waals surface area contributed by atoms with Gasteiger partial charge in [0.15, 0.2) is 0 Å². The molecule has 12 rings (SSSR count). The minimum Gasteiger partial charge on any atom is -0.309 e. The van der Waals surface area contributed by atoms with Crippen molar-refractivity contribution in [3.05, 3.63) is 193 Å². The van der Waals surface area contributed by atoms with Crippen LogP contribution in [-0.2, 0) is 5.41 Å². The highest BCUT2D eigenvalue weighted by Crippen LogP contribution is 2.53.